The number of hydrogen-bond acceptors (Lipinski definition) is 4. The van der Waals surface area contributed by atoms with Crippen molar-refractivity contribution in [3.8, 4) is 5.75 Å². The number of pyridine rings is 1. The molecule has 0 aliphatic carbocycles. The normalized spacial score (nSPS) is 12.1. The third-order valence-electron chi connectivity index (χ3n) is 3.00. The highest BCUT2D eigenvalue weighted by Gasteiger charge is 2.13. The van der Waals surface area contributed by atoms with Gasteiger partial charge in [-0.05, 0) is 23.8 Å². The lowest BCUT2D eigenvalue weighted by Crippen LogP contribution is -2.09. The van der Waals surface area contributed by atoms with Crippen LogP contribution in [0, 0.1) is 0 Å². The summed E-state index contributed by atoms with van der Waals surface area (Å²) in [5.41, 5.74) is 1.83. The van der Waals surface area contributed by atoms with Gasteiger partial charge >= 0.3 is 0 Å². The Labute approximate surface area is 119 Å². The van der Waals surface area contributed by atoms with Crippen molar-refractivity contribution < 1.29 is 14.6 Å². The van der Waals surface area contributed by atoms with E-state index in [0.29, 0.717) is 25.4 Å². The Bertz CT molecular complexity index is 516. The second kappa shape index (κ2) is 7.62. The quantitative estimate of drug-likeness (QED) is 0.787. The van der Waals surface area contributed by atoms with E-state index in [1.807, 2.05) is 36.4 Å². The van der Waals surface area contributed by atoms with Gasteiger partial charge in [0.2, 0.25) is 0 Å². The number of nitrogens with zero attached hydrogens (tertiary/aromatic N) is 1. The van der Waals surface area contributed by atoms with E-state index in [4.69, 9.17) is 9.47 Å². The molecule has 0 aliphatic heterocycles. The highest BCUT2D eigenvalue weighted by molar-refractivity contribution is 5.36. The first-order chi connectivity index (χ1) is 9.81. The van der Waals surface area contributed by atoms with Crippen LogP contribution in [0.1, 0.15) is 17.2 Å². The summed E-state index contributed by atoms with van der Waals surface area (Å²) in [6.07, 6.45) is 3.38. The van der Waals surface area contributed by atoms with Gasteiger partial charge in [0.15, 0.2) is 0 Å². The highest BCUT2D eigenvalue weighted by Crippen LogP contribution is 2.27. The van der Waals surface area contributed by atoms with Gasteiger partial charge in [-0.3, -0.25) is 4.98 Å². The fourth-order valence-electron chi connectivity index (χ4n) is 1.97. The second-order valence-corrected chi connectivity index (χ2v) is 4.45. The number of methoxy groups -OCH3 is 1. The molecule has 0 amide bonds. The van der Waals surface area contributed by atoms with Gasteiger partial charge in [0.25, 0.3) is 0 Å². The van der Waals surface area contributed by atoms with Crippen LogP contribution in [-0.4, -0.2) is 30.4 Å². The SMILES string of the molecule is COCCOc1ccccc1C(O)Cc1ccncc1. The van der Waals surface area contributed by atoms with E-state index in [-0.39, 0.29) is 0 Å². The van der Waals surface area contributed by atoms with Crippen molar-refractivity contribution in [1.82, 2.24) is 4.98 Å². The zero-order valence-electron chi connectivity index (χ0n) is 11.5. The first kappa shape index (κ1) is 14.5. The topological polar surface area (TPSA) is 51.6 Å². The van der Waals surface area contributed by atoms with Gasteiger partial charge in [0.05, 0.1) is 12.7 Å². The first-order valence-corrected chi connectivity index (χ1v) is 6.59. The molecule has 0 radical (unpaired) electrons. The summed E-state index contributed by atoms with van der Waals surface area (Å²) < 4.78 is 10.6. The largest absolute Gasteiger partial charge is 0.491 e. The molecule has 1 aromatic heterocycles. The number of aliphatic hydroxyl groups is 1. The zero-order chi connectivity index (χ0) is 14.2. The molecule has 4 heteroatoms. The molecule has 0 saturated heterocycles. The van der Waals surface area contributed by atoms with E-state index >= 15 is 0 Å². The highest BCUT2D eigenvalue weighted by atomic mass is 16.5. The van der Waals surface area contributed by atoms with Crippen LogP contribution in [0.2, 0.25) is 0 Å². The third kappa shape index (κ3) is 4.05. The van der Waals surface area contributed by atoms with Crippen LogP contribution in [0.25, 0.3) is 0 Å². The molecule has 1 N–H and O–H groups in total. The molecule has 0 spiro atoms. The summed E-state index contributed by atoms with van der Waals surface area (Å²) in [6, 6.07) is 11.3. The van der Waals surface area contributed by atoms with Gasteiger partial charge in [-0.15, -0.1) is 0 Å². The molecular formula is C16H19NO3. The number of hydrogen-bond donors (Lipinski definition) is 1. The summed E-state index contributed by atoms with van der Waals surface area (Å²) in [6.45, 7) is 0.990. The maximum atomic E-state index is 10.4. The molecule has 2 rings (SSSR count). The molecule has 1 atom stereocenters. The van der Waals surface area contributed by atoms with E-state index in [1.54, 1.807) is 19.5 Å². The van der Waals surface area contributed by atoms with Crippen molar-refractivity contribution in [3.05, 3.63) is 59.9 Å². The minimum atomic E-state index is -0.601. The smallest absolute Gasteiger partial charge is 0.125 e. The van der Waals surface area contributed by atoms with Crippen LogP contribution in [-0.2, 0) is 11.2 Å². The summed E-state index contributed by atoms with van der Waals surface area (Å²) in [4.78, 5) is 3.97. The van der Waals surface area contributed by atoms with Crippen LogP contribution >= 0.6 is 0 Å². The predicted octanol–water partition coefficient (Wildman–Crippen LogP) is 2.38. The van der Waals surface area contributed by atoms with Gasteiger partial charge < -0.3 is 14.6 Å². The fraction of sp³-hybridized carbons (Fsp3) is 0.312. The van der Waals surface area contributed by atoms with Gasteiger partial charge in [-0.1, -0.05) is 18.2 Å². The number of rotatable bonds is 7. The first-order valence-electron chi connectivity index (χ1n) is 6.59. The Balaban J connectivity index is 2.07. The molecule has 2 aromatic rings. The van der Waals surface area contributed by atoms with E-state index in [0.717, 1.165) is 11.1 Å². The number of benzene rings is 1. The minimum Gasteiger partial charge on any atom is -0.491 e. The molecule has 1 heterocycles. The summed E-state index contributed by atoms with van der Waals surface area (Å²) >= 11 is 0. The molecule has 20 heavy (non-hydrogen) atoms. The van der Waals surface area contributed by atoms with Crippen LogP contribution in [0.3, 0.4) is 0 Å². The summed E-state index contributed by atoms with van der Waals surface area (Å²) in [5.74, 6) is 0.700. The molecule has 106 valence electrons. The zero-order valence-corrected chi connectivity index (χ0v) is 11.5. The number of aliphatic hydroxyl groups excluding tert-OH is 1. The van der Waals surface area contributed by atoms with Crippen molar-refractivity contribution in [3.63, 3.8) is 0 Å². The Morgan fingerprint density at radius 2 is 1.85 bits per heavy atom. The van der Waals surface area contributed by atoms with E-state index in [9.17, 15) is 5.11 Å². The molecular weight excluding hydrogens is 254 g/mol. The van der Waals surface area contributed by atoms with E-state index in [2.05, 4.69) is 4.98 Å². The minimum absolute atomic E-state index is 0.468. The Hall–Kier alpha value is -1.91. The van der Waals surface area contributed by atoms with Gasteiger partial charge in [0.1, 0.15) is 12.4 Å². The standard InChI is InChI=1S/C16H19NO3/c1-19-10-11-20-16-5-3-2-4-14(16)15(18)12-13-6-8-17-9-7-13/h2-9,15,18H,10-12H2,1H3. The van der Waals surface area contributed by atoms with E-state index in [1.165, 1.54) is 0 Å². The number of para-hydroxylation sites is 1. The Morgan fingerprint density at radius 3 is 2.60 bits per heavy atom. The summed E-state index contributed by atoms with van der Waals surface area (Å²) in [7, 11) is 1.63. The molecule has 0 aliphatic rings. The monoisotopic (exact) mass is 273 g/mol. The Morgan fingerprint density at radius 1 is 1.10 bits per heavy atom. The van der Waals surface area contributed by atoms with Crippen LogP contribution < -0.4 is 4.74 Å². The van der Waals surface area contributed by atoms with Crippen LogP contribution in [0.15, 0.2) is 48.8 Å². The maximum Gasteiger partial charge on any atom is 0.125 e. The van der Waals surface area contributed by atoms with Crippen molar-refractivity contribution in [2.45, 2.75) is 12.5 Å². The van der Waals surface area contributed by atoms with Crippen LogP contribution in [0.5, 0.6) is 5.75 Å². The molecule has 0 bridgehead atoms. The van der Waals surface area contributed by atoms with Crippen molar-refractivity contribution >= 4 is 0 Å². The maximum absolute atomic E-state index is 10.4. The lowest BCUT2D eigenvalue weighted by atomic mass is 10.0. The van der Waals surface area contributed by atoms with E-state index < -0.39 is 6.10 Å². The summed E-state index contributed by atoms with van der Waals surface area (Å²) in [5, 5.41) is 10.4. The van der Waals surface area contributed by atoms with Crippen molar-refractivity contribution in [2.24, 2.45) is 0 Å². The van der Waals surface area contributed by atoms with Gasteiger partial charge in [-0.2, -0.15) is 0 Å². The lowest BCUT2D eigenvalue weighted by molar-refractivity contribution is 0.138. The Kier molecular flexibility index (Phi) is 5.53. The number of ether oxygens (including phenoxy) is 2. The molecule has 1 aromatic carbocycles. The molecule has 0 fully saturated rings. The van der Waals surface area contributed by atoms with Gasteiger partial charge in [0, 0.05) is 31.5 Å². The van der Waals surface area contributed by atoms with Crippen molar-refractivity contribution in [1.29, 1.82) is 0 Å². The molecule has 0 saturated carbocycles. The van der Waals surface area contributed by atoms with Gasteiger partial charge in [-0.25, -0.2) is 0 Å². The predicted molar refractivity (Wildman–Crippen MR) is 76.7 cm³/mol. The molecule has 1 unspecified atom stereocenters. The average molecular weight is 273 g/mol. The van der Waals surface area contributed by atoms with Crippen molar-refractivity contribution in [2.75, 3.05) is 20.3 Å². The number of aromatic nitrogens is 1. The third-order valence-corrected chi connectivity index (χ3v) is 3.00. The fourth-order valence-corrected chi connectivity index (χ4v) is 1.97. The second-order valence-electron chi connectivity index (χ2n) is 4.45. The molecule has 4 nitrogen and oxygen atoms in total. The average Bonchev–Trinajstić information content (AvgIpc) is 2.49. The lowest BCUT2D eigenvalue weighted by Gasteiger charge is -2.16. The van der Waals surface area contributed by atoms with Crippen LogP contribution in [0.4, 0.5) is 0 Å².